The number of rotatable bonds is 3. The maximum atomic E-state index is 11.5. The van der Waals surface area contributed by atoms with E-state index in [0.29, 0.717) is 0 Å². The summed E-state index contributed by atoms with van der Waals surface area (Å²) in [5.74, 6) is 0. The van der Waals surface area contributed by atoms with Crippen LogP contribution in [0, 0.1) is 0 Å². The third-order valence-corrected chi connectivity index (χ3v) is 3.05. The van der Waals surface area contributed by atoms with Gasteiger partial charge in [-0.15, -0.1) is 0 Å². The molecule has 2 N–H and O–H groups in total. The quantitative estimate of drug-likeness (QED) is 0.417. The minimum atomic E-state index is -2.23. The van der Waals surface area contributed by atoms with Crippen molar-refractivity contribution in [3.05, 3.63) is 0 Å². The third-order valence-electron chi connectivity index (χ3n) is 2.10. The van der Waals surface area contributed by atoms with Gasteiger partial charge in [0.25, 0.3) is 0 Å². The zero-order valence-electron chi connectivity index (χ0n) is 8.36. The highest BCUT2D eigenvalue weighted by Gasteiger charge is 2.33. The summed E-state index contributed by atoms with van der Waals surface area (Å²) < 4.78 is 16.9. The molecule has 2 unspecified atom stereocenters. The highest BCUT2D eigenvalue weighted by Crippen LogP contribution is 2.33. The highest BCUT2D eigenvalue weighted by atomic mass is 31.2. The summed E-state index contributed by atoms with van der Waals surface area (Å²) in [4.78, 5) is 0. The van der Waals surface area contributed by atoms with Crippen molar-refractivity contribution in [3.8, 4) is 0 Å². The molecular formula is C6H16B2NO3P. The van der Waals surface area contributed by atoms with Crippen LogP contribution in [-0.2, 0) is 9.30 Å². The molecule has 4 atom stereocenters. The van der Waals surface area contributed by atoms with Crippen LogP contribution in [0.5, 0.6) is 0 Å². The van der Waals surface area contributed by atoms with Crippen LogP contribution in [0.2, 0.25) is 0 Å². The molecular weight excluding hydrogens is 187 g/mol. The van der Waals surface area contributed by atoms with Gasteiger partial charge in [-0.3, -0.25) is 5.09 Å². The second-order valence-electron chi connectivity index (χ2n) is 3.99. The Hall–Kier alpha value is 0.240. The first-order chi connectivity index (χ1) is 5.92. The zero-order chi connectivity index (χ0) is 10.1. The van der Waals surface area contributed by atoms with Gasteiger partial charge in [0.15, 0.2) is 0 Å². The molecule has 1 aliphatic heterocycles. The van der Waals surface area contributed by atoms with E-state index in [1.54, 1.807) is 14.2 Å². The Morgan fingerprint density at radius 2 is 2.38 bits per heavy atom. The Bertz CT molecular complexity index is 222. The SMILES string of the molecule is B[C@H]1C[C@@H](NP(B)(C)=O)C(CO)O1. The van der Waals surface area contributed by atoms with Crippen molar-refractivity contribution in [1.82, 2.24) is 5.09 Å². The normalized spacial score (nSPS) is 38.8. The second kappa shape index (κ2) is 4.18. The van der Waals surface area contributed by atoms with Crippen LogP contribution >= 0.6 is 7.17 Å². The lowest BCUT2D eigenvalue weighted by Crippen LogP contribution is -2.36. The first kappa shape index (κ1) is 11.3. The van der Waals surface area contributed by atoms with Crippen molar-refractivity contribution in [3.63, 3.8) is 0 Å². The molecule has 1 saturated heterocycles. The second-order valence-corrected chi connectivity index (χ2v) is 6.95. The van der Waals surface area contributed by atoms with Crippen LogP contribution in [0.1, 0.15) is 6.42 Å². The summed E-state index contributed by atoms with van der Waals surface area (Å²) in [5, 5.41) is 12.0. The van der Waals surface area contributed by atoms with Crippen LogP contribution in [0.15, 0.2) is 0 Å². The van der Waals surface area contributed by atoms with E-state index in [2.05, 4.69) is 5.09 Å². The predicted molar refractivity (Wildman–Crippen MR) is 57.9 cm³/mol. The number of ether oxygens (including phenoxy) is 1. The summed E-state index contributed by atoms with van der Waals surface area (Å²) >= 11 is 0. The van der Waals surface area contributed by atoms with Gasteiger partial charge in [-0.1, -0.05) is 0 Å². The highest BCUT2D eigenvalue weighted by molar-refractivity contribution is 7.85. The molecule has 1 rings (SSSR count). The molecule has 0 saturated carbocycles. The molecule has 4 nitrogen and oxygen atoms in total. The van der Waals surface area contributed by atoms with Gasteiger partial charge in [-0.2, -0.15) is 0 Å². The molecule has 0 aromatic carbocycles. The van der Waals surface area contributed by atoms with Crippen LogP contribution in [-0.4, -0.2) is 51.9 Å². The lowest BCUT2D eigenvalue weighted by atomic mass is 9.95. The number of aliphatic hydroxyl groups excluding tert-OH is 1. The predicted octanol–water partition coefficient (Wildman–Crippen LogP) is -1.86. The Labute approximate surface area is 80.6 Å². The fraction of sp³-hybridized carbons (Fsp3) is 1.00. The topological polar surface area (TPSA) is 58.6 Å². The molecule has 13 heavy (non-hydrogen) atoms. The van der Waals surface area contributed by atoms with Gasteiger partial charge in [0.05, 0.1) is 19.9 Å². The minimum Gasteiger partial charge on any atom is -0.394 e. The molecule has 1 fully saturated rings. The number of nitrogens with one attached hydrogen (secondary N) is 1. The number of aliphatic hydroxyl groups is 1. The van der Waals surface area contributed by atoms with E-state index >= 15 is 0 Å². The molecule has 0 bridgehead atoms. The molecule has 1 aliphatic rings. The van der Waals surface area contributed by atoms with E-state index in [1.807, 2.05) is 7.85 Å². The zero-order valence-corrected chi connectivity index (χ0v) is 9.25. The largest absolute Gasteiger partial charge is 0.394 e. The molecule has 7 heteroatoms. The first-order valence-electron chi connectivity index (χ1n) is 4.51. The average molecular weight is 203 g/mol. The summed E-state index contributed by atoms with van der Waals surface area (Å²) in [5.41, 5.74) is 0. The van der Waals surface area contributed by atoms with Gasteiger partial charge in [0.1, 0.15) is 7.85 Å². The van der Waals surface area contributed by atoms with E-state index in [0.717, 1.165) is 6.42 Å². The van der Waals surface area contributed by atoms with Gasteiger partial charge in [-0.05, 0) is 13.1 Å². The maximum Gasteiger partial charge on any atom is 0.200 e. The molecule has 0 spiro atoms. The van der Waals surface area contributed by atoms with E-state index in [-0.39, 0.29) is 24.8 Å². The fourth-order valence-corrected chi connectivity index (χ4v) is 2.73. The van der Waals surface area contributed by atoms with Gasteiger partial charge in [0, 0.05) is 12.0 Å². The Morgan fingerprint density at radius 1 is 1.77 bits per heavy atom. The van der Waals surface area contributed by atoms with Crippen molar-refractivity contribution in [2.45, 2.75) is 24.6 Å². The molecule has 74 valence electrons. The van der Waals surface area contributed by atoms with Crippen molar-refractivity contribution >= 4 is 22.6 Å². The Kier molecular flexibility index (Phi) is 3.64. The summed E-state index contributed by atoms with van der Waals surface area (Å²) in [6.07, 6.45) is 0.611. The maximum absolute atomic E-state index is 11.5. The molecule has 0 radical (unpaired) electrons. The van der Waals surface area contributed by atoms with Gasteiger partial charge >= 0.3 is 0 Å². The number of hydrogen-bond acceptors (Lipinski definition) is 3. The molecule has 0 aromatic rings. The molecule has 0 amide bonds. The summed E-state index contributed by atoms with van der Waals surface area (Å²) in [6.45, 7) is 1.67. The number of hydrogen-bond donors (Lipinski definition) is 2. The molecule has 1 heterocycles. The summed E-state index contributed by atoms with van der Waals surface area (Å²) in [7, 11) is 1.41. The monoisotopic (exact) mass is 203 g/mol. The van der Waals surface area contributed by atoms with Crippen LogP contribution < -0.4 is 5.09 Å². The van der Waals surface area contributed by atoms with Crippen molar-refractivity contribution in [2.75, 3.05) is 13.3 Å². The Morgan fingerprint density at radius 3 is 2.85 bits per heavy atom. The van der Waals surface area contributed by atoms with Crippen LogP contribution in [0.4, 0.5) is 0 Å². The lowest BCUT2D eigenvalue weighted by Gasteiger charge is -2.20. The fourth-order valence-electron chi connectivity index (χ4n) is 1.66. The van der Waals surface area contributed by atoms with Crippen LogP contribution in [0.25, 0.3) is 0 Å². The van der Waals surface area contributed by atoms with E-state index in [4.69, 9.17) is 9.84 Å². The standard InChI is InChI=1S/C6H16B2NO3P/c1-13(8,11)9-4-2-6(7)12-5(4)3-10/h4-6,10H,2-3,7-8H2,1H3,(H,9,11)/t4-,5?,6-,13?/m1/s1. The van der Waals surface area contributed by atoms with Gasteiger partial charge < -0.3 is 14.4 Å². The molecule has 0 aliphatic carbocycles. The molecule has 0 aromatic heterocycles. The smallest absolute Gasteiger partial charge is 0.200 e. The van der Waals surface area contributed by atoms with E-state index < -0.39 is 7.17 Å². The van der Waals surface area contributed by atoms with E-state index in [1.165, 1.54) is 0 Å². The average Bonchev–Trinajstić information content (AvgIpc) is 2.27. The Balaban J connectivity index is 2.54. The van der Waals surface area contributed by atoms with Crippen LogP contribution in [0.3, 0.4) is 0 Å². The minimum absolute atomic E-state index is 0.0119. The van der Waals surface area contributed by atoms with Crippen molar-refractivity contribution in [1.29, 1.82) is 0 Å². The summed E-state index contributed by atoms with van der Waals surface area (Å²) in [6, 6.07) is 0.169. The first-order valence-corrected chi connectivity index (χ1v) is 7.11. The van der Waals surface area contributed by atoms with E-state index in [9.17, 15) is 4.57 Å². The lowest BCUT2D eigenvalue weighted by molar-refractivity contribution is 0.0360. The van der Waals surface area contributed by atoms with Crippen molar-refractivity contribution in [2.24, 2.45) is 0 Å². The van der Waals surface area contributed by atoms with Gasteiger partial charge in [0.2, 0.25) is 7.57 Å². The van der Waals surface area contributed by atoms with Crippen molar-refractivity contribution < 1.29 is 14.4 Å². The van der Waals surface area contributed by atoms with Gasteiger partial charge in [-0.25, -0.2) is 0 Å². The third kappa shape index (κ3) is 3.47.